The van der Waals surface area contributed by atoms with Crippen LogP contribution < -0.4 is 0 Å². The maximum absolute atomic E-state index is 12.8. The first-order valence-corrected chi connectivity index (χ1v) is 11.6. The topological polar surface area (TPSA) is 128 Å². The van der Waals surface area contributed by atoms with Crippen LogP contribution in [0.1, 0.15) is 47.1 Å². The standard InChI is InChI=1S/C24H31N5O6/c1-5-35-24(32)20-10-12-27(13-11-20)21(30)15-26(4)23(31)19-8-6-18(7-9-19)14-28-17(3)22(29(33)34)16(2)25-28/h6-9,20H,5,10-15H2,1-4H3. The van der Waals surface area contributed by atoms with Crippen LogP contribution in [0.25, 0.3) is 0 Å². The lowest BCUT2D eigenvalue weighted by Crippen LogP contribution is -2.45. The predicted octanol–water partition coefficient (Wildman–Crippen LogP) is 2.33. The Morgan fingerprint density at radius 1 is 1.17 bits per heavy atom. The highest BCUT2D eigenvalue weighted by molar-refractivity contribution is 5.96. The van der Waals surface area contributed by atoms with Gasteiger partial charge in [0, 0.05) is 25.7 Å². The molecule has 1 aliphatic rings. The Morgan fingerprint density at radius 3 is 2.34 bits per heavy atom. The number of likely N-dealkylation sites (tertiary alicyclic amines) is 1. The van der Waals surface area contributed by atoms with Crippen molar-refractivity contribution in [2.24, 2.45) is 5.92 Å². The molecule has 0 atom stereocenters. The Balaban J connectivity index is 1.55. The largest absolute Gasteiger partial charge is 0.466 e. The molecule has 11 nitrogen and oxygen atoms in total. The number of esters is 1. The molecule has 1 aromatic carbocycles. The van der Waals surface area contributed by atoms with Crippen LogP contribution in [0.3, 0.4) is 0 Å². The first-order chi connectivity index (χ1) is 16.6. The normalized spacial score (nSPS) is 14.0. The van der Waals surface area contributed by atoms with Crippen molar-refractivity contribution in [2.45, 2.75) is 40.2 Å². The summed E-state index contributed by atoms with van der Waals surface area (Å²) >= 11 is 0. The average molecular weight is 486 g/mol. The molecule has 11 heteroatoms. The molecule has 0 radical (unpaired) electrons. The Hall–Kier alpha value is -3.76. The highest BCUT2D eigenvalue weighted by Gasteiger charge is 2.29. The first-order valence-electron chi connectivity index (χ1n) is 11.6. The van der Waals surface area contributed by atoms with Gasteiger partial charge < -0.3 is 14.5 Å². The number of carbonyl (C=O) groups is 3. The minimum Gasteiger partial charge on any atom is -0.466 e. The summed E-state index contributed by atoms with van der Waals surface area (Å²) in [5.41, 5.74) is 2.11. The van der Waals surface area contributed by atoms with Gasteiger partial charge in [-0.3, -0.25) is 29.2 Å². The van der Waals surface area contributed by atoms with Gasteiger partial charge in [-0.2, -0.15) is 5.10 Å². The van der Waals surface area contributed by atoms with Crippen molar-refractivity contribution in [1.29, 1.82) is 0 Å². The zero-order valence-electron chi connectivity index (χ0n) is 20.5. The van der Waals surface area contributed by atoms with Gasteiger partial charge in [0.1, 0.15) is 11.4 Å². The van der Waals surface area contributed by atoms with Crippen molar-refractivity contribution in [3.8, 4) is 0 Å². The quantitative estimate of drug-likeness (QED) is 0.319. The van der Waals surface area contributed by atoms with Gasteiger partial charge in [-0.15, -0.1) is 0 Å². The third-order valence-corrected chi connectivity index (χ3v) is 6.25. The number of hydrogen-bond acceptors (Lipinski definition) is 7. The third-order valence-electron chi connectivity index (χ3n) is 6.25. The van der Waals surface area contributed by atoms with E-state index in [1.165, 1.54) is 4.90 Å². The zero-order chi connectivity index (χ0) is 25.7. The first kappa shape index (κ1) is 25.9. The van der Waals surface area contributed by atoms with E-state index in [0.29, 0.717) is 56.0 Å². The lowest BCUT2D eigenvalue weighted by atomic mass is 9.97. The summed E-state index contributed by atoms with van der Waals surface area (Å²) in [6.07, 6.45) is 1.12. The number of likely N-dealkylation sites (N-methyl/N-ethyl adjacent to an activating group) is 1. The van der Waals surface area contributed by atoms with Gasteiger partial charge in [-0.1, -0.05) is 12.1 Å². The molecule has 0 aliphatic carbocycles. The molecule has 2 amide bonds. The molecule has 2 aromatic rings. The van der Waals surface area contributed by atoms with Gasteiger partial charge in [0.05, 0.1) is 30.5 Å². The number of carbonyl (C=O) groups excluding carboxylic acids is 3. The molecule has 35 heavy (non-hydrogen) atoms. The smallest absolute Gasteiger partial charge is 0.312 e. The van der Waals surface area contributed by atoms with E-state index < -0.39 is 4.92 Å². The van der Waals surface area contributed by atoms with Crippen molar-refractivity contribution < 1.29 is 24.0 Å². The number of aromatic nitrogens is 2. The SMILES string of the molecule is CCOC(=O)C1CCN(C(=O)CN(C)C(=O)c2ccc(Cn3nc(C)c([N+](=O)[O-])c3C)cc2)CC1. The Bertz CT molecular complexity index is 1100. The van der Waals surface area contributed by atoms with E-state index in [1.54, 1.807) is 61.7 Å². The monoisotopic (exact) mass is 485 g/mol. The predicted molar refractivity (Wildman–Crippen MR) is 127 cm³/mol. The summed E-state index contributed by atoms with van der Waals surface area (Å²) in [6.45, 7) is 6.58. The second-order valence-corrected chi connectivity index (χ2v) is 8.70. The highest BCUT2D eigenvalue weighted by atomic mass is 16.6. The molecule has 188 valence electrons. The molecule has 0 N–H and O–H groups in total. The number of nitro groups is 1. The molecular weight excluding hydrogens is 454 g/mol. The molecular formula is C24H31N5O6. The van der Waals surface area contributed by atoms with Crippen molar-refractivity contribution >= 4 is 23.5 Å². The van der Waals surface area contributed by atoms with E-state index in [-0.39, 0.29) is 35.9 Å². The fourth-order valence-corrected chi connectivity index (χ4v) is 4.25. The van der Waals surface area contributed by atoms with Gasteiger partial charge in [-0.25, -0.2) is 0 Å². The molecule has 3 rings (SSSR count). The van der Waals surface area contributed by atoms with Crippen LogP contribution in [0.4, 0.5) is 5.69 Å². The van der Waals surface area contributed by atoms with Crippen molar-refractivity contribution in [2.75, 3.05) is 33.3 Å². The summed E-state index contributed by atoms with van der Waals surface area (Å²) in [5.74, 6) is -0.845. The molecule has 0 bridgehead atoms. The molecule has 1 aliphatic heterocycles. The van der Waals surface area contributed by atoms with E-state index in [9.17, 15) is 24.5 Å². The number of nitrogens with zero attached hydrogens (tertiary/aromatic N) is 5. The third kappa shape index (κ3) is 6.03. The number of ether oxygens (including phenoxy) is 1. The lowest BCUT2D eigenvalue weighted by Gasteiger charge is -2.32. The van der Waals surface area contributed by atoms with Crippen LogP contribution in [-0.4, -0.2) is 75.6 Å². The van der Waals surface area contributed by atoms with Crippen LogP contribution >= 0.6 is 0 Å². The summed E-state index contributed by atoms with van der Waals surface area (Å²) < 4.78 is 6.63. The number of aryl methyl sites for hydroxylation is 1. The van der Waals surface area contributed by atoms with Crippen LogP contribution in [0.2, 0.25) is 0 Å². The summed E-state index contributed by atoms with van der Waals surface area (Å²) in [4.78, 5) is 51.2. The van der Waals surface area contributed by atoms with Crippen LogP contribution in [0, 0.1) is 29.9 Å². The fourth-order valence-electron chi connectivity index (χ4n) is 4.25. The minimum absolute atomic E-state index is 0.00760. The Labute approximate surface area is 203 Å². The second kappa shape index (κ2) is 11.1. The molecule has 0 saturated carbocycles. The Kier molecular flexibility index (Phi) is 8.21. The second-order valence-electron chi connectivity index (χ2n) is 8.70. The highest BCUT2D eigenvalue weighted by Crippen LogP contribution is 2.23. The van der Waals surface area contributed by atoms with E-state index in [0.717, 1.165) is 5.56 Å². The van der Waals surface area contributed by atoms with Crippen LogP contribution in [0.5, 0.6) is 0 Å². The maximum Gasteiger partial charge on any atom is 0.312 e. The van der Waals surface area contributed by atoms with Crippen molar-refractivity contribution in [3.63, 3.8) is 0 Å². The average Bonchev–Trinajstić information content (AvgIpc) is 3.11. The maximum atomic E-state index is 12.8. The van der Waals surface area contributed by atoms with Gasteiger partial charge in [0.25, 0.3) is 5.91 Å². The number of hydrogen-bond donors (Lipinski definition) is 0. The lowest BCUT2D eigenvalue weighted by molar-refractivity contribution is -0.386. The number of piperidine rings is 1. The Morgan fingerprint density at radius 2 is 1.80 bits per heavy atom. The zero-order valence-corrected chi connectivity index (χ0v) is 20.5. The molecule has 1 fully saturated rings. The number of rotatable bonds is 8. The van der Waals surface area contributed by atoms with Gasteiger partial charge in [0.2, 0.25) is 5.91 Å². The molecule has 1 saturated heterocycles. The molecule has 0 spiro atoms. The fraction of sp³-hybridized carbons (Fsp3) is 0.500. The summed E-state index contributed by atoms with van der Waals surface area (Å²) in [7, 11) is 1.58. The number of amides is 2. The van der Waals surface area contributed by atoms with Crippen LogP contribution in [0.15, 0.2) is 24.3 Å². The van der Waals surface area contributed by atoms with Gasteiger partial charge in [0.15, 0.2) is 0 Å². The van der Waals surface area contributed by atoms with Gasteiger partial charge in [-0.05, 0) is 51.3 Å². The van der Waals surface area contributed by atoms with E-state index in [2.05, 4.69) is 5.10 Å². The van der Waals surface area contributed by atoms with E-state index in [1.807, 2.05) is 0 Å². The van der Waals surface area contributed by atoms with Crippen LogP contribution in [-0.2, 0) is 20.9 Å². The summed E-state index contributed by atoms with van der Waals surface area (Å²) in [6, 6.07) is 6.88. The van der Waals surface area contributed by atoms with Crippen molar-refractivity contribution in [1.82, 2.24) is 19.6 Å². The molecule has 2 heterocycles. The summed E-state index contributed by atoms with van der Waals surface area (Å²) in [5, 5.41) is 15.4. The van der Waals surface area contributed by atoms with E-state index in [4.69, 9.17) is 4.74 Å². The molecule has 0 unspecified atom stereocenters. The van der Waals surface area contributed by atoms with Crippen molar-refractivity contribution in [3.05, 3.63) is 56.9 Å². The molecule has 1 aromatic heterocycles. The van der Waals surface area contributed by atoms with Gasteiger partial charge >= 0.3 is 11.7 Å². The van der Waals surface area contributed by atoms with E-state index >= 15 is 0 Å². The number of benzene rings is 1. The minimum atomic E-state index is -0.435.